The Morgan fingerprint density at radius 3 is 2.95 bits per heavy atom. The number of nitrogens with one attached hydrogen (secondary N) is 2. The first-order valence-electron chi connectivity index (χ1n) is 6.61. The molecule has 1 atom stereocenters. The van der Waals surface area contributed by atoms with Crippen LogP contribution < -0.4 is 10.6 Å². The topological polar surface area (TPSA) is 41.1 Å². The van der Waals surface area contributed by atoms with Gasteiger partial charge in [0.05, 0.1) is 5.69 Å². The average Bonchev–Trinajstić information content (AvgIpc) is 2.40. The molecule has 3 nitrogen and oxygen atoms in total. The van der Waals surface area contributed by atoms with E-state index in [2.05, 4.69) is 22.8 Å². The molecule has 2 rings (SSSR count). The van der Waals surface area contributed by atoms with Gasteiger partial charge in [-0.15, -0.1) is 0 Å². The highest BCUT2D eigenvalue weighted by atomic mass is 19.1. The molecule has 0 spiro atoms. The van der Waals surface area contributed by atoms with Crippen LogP contribution in [0.4, 0.5) is 15.8 Å². The van der Waals surface area contributed by atoms with Crippen molar-refractivity contribution in [2.45, 2.75) is 26.2 Å². The third-order valence-electron chi connectivity index (χ3n) is 3.25. The summed E-state index contributed by atoms with van der Waals surface area (Å²) in [4.78, 5) is 11.0. The molecule has 0 aromatic heterocycles. The van der Waals surface area contributed by atoms with Gasteiger partial charge >= 0.3 is 0 Å². The van der Waals surface area contributed by atoms with Gasteiger partial charge in [-0.3, -0.25) is 4.79 Å². The number of rotatable bonds is 4. The first-order valence-corrected chi connectivity index (χ1v) is 6.61. The van der Waals surface area contributed by atoms with Crippen LogP contribution in [-0.2, 0) is 4.79 Å². The zero-order valence-corrected chi connectivity index (χ0v) is 11.1. The van der Waals surface area contributed by atoms with Crippen molar-refractivity contribution in [3.63, 3.8) is 0 Å². The fourth-order valence-corrected chi connectivity index (χ4v) is 2.22. The number of anilines is 2. The van der Waals surface area contributed by atoms with Gasteiger partial charge in [0.1, 0.15) is 5.82 Å². The second kappa shape index (κ2) is 6.36. The molecule has 0 fully saturated rings. The number of benzene rings is 1. The molecule has 0 aliphatic heterocycles. The van der Waals surface area contributed by atoms with E-state index in [9.17, 15) is 9.18 Å². The zero-order valence-electron chi connectivity index (χ0n) is 11.1. The molecule has 1 amide bonds. The summed E-state index contributed by atoms with van der Waals surface area (Å²) in [5, 5.41) is 5.79. The van der Waals surface area contributed by atoms with Gasteiger partial charge in [-0.2, -0.15) is 0 Å². The number of amides is 1. The smallest absolute Gasteiger partial charge is 0.221 e. The molecule has 0 bridgehead atoms. The summed E-state index contributed by atoms with van der Waals surface area (Å²) < 4.78 is 13.5. The summed E-state index contributed by atoms with van der Waals surface area (Å²) in [6, 6.07) is 4.70. The van der Waals surface area contributed by atoms with Crippen molar-refractivity contribution in [1.82, 2.24) is 0 Å². The van der Waals surface area contributed by atoms with Crippen LogP contribution in [0.25, 0.3) is 0 Å². The standard InChI is InChI=1S/C15H19FN2O/c1-11(19)18-15-9-13(7-8-14(15)16)17-10-12-5-3-2-4-6-12/h2-3,7-9,12,17H,4-6,10H2,1H3,(H,18,19). The van der Waals surface area contributed by atoms with E-state index >= 15 is 0 Å². The lowest BCUT2D eigenvalue weighted by Crippen LogP contribution is -2.15. The van der Waals surface area contributed by atoms with Crippen molar-refractivity contribution in [1.29, 1.82) is 0 Å². The largest absolute Gasteiger partial charge is 0.385 e. The highest BCUT2D eigenvalue weighted by molar-refractivity contribution is 5.89. The molecule has 0 heterocycles. The van der Waals surface area contributed by atoms with Crippen molar-refractivity contribution >= 4 is 17.3 Å². The summed E-state index contributed by atoms with van der Waals surface area (Å²) >= 11 is 0. The van der Waals surface area contributed by atoms with Crippen LogP contribution in [0.3, 0.4) is 0 Å². The number of carbonyl (C=O) groups is 1. The maximum absolute atomic E-state index is 13.5. The van der Waals surface area contributed by atoms with Gasteiger partial charge in [0.2, 0.25) is 5.91 Å². The van der Waals surface area contributed by atoms with Crippen LogP contribution >= 0.6 is 0 Å². The number of carbonyl (C=O) groups excluding carboxylic acids is 1. The molecule has 0 radical (unpaired) electrons. The van der Waals surface area contributed by atoms with Gasteiger partial charge in [-0.1, -0.05) is 12.2 Å². The Hall–Kier alpha value is -1.84. The predicted octanol–water partition coefficient (Wildman–Crippen LogP) is 3.55. The first kappa shape index (κ1) is 13.6. The van der Waals surface area contributed by atoms with E-state index in [0.717, 1.165) is 25.1 Å². The van der Waals surface area contributed by atoms with Crippen LogP contribution in [0.2, 0.25) is 0 Å². The minimum absolute atomic E-state index is 0.223. The highest BCUT2D eigenvalue weighted by Gasteiger charge is 2.10. The van der Waals surface area contributed by atoms with Gasteiger partial charge in [-0.05, 0) is 43.4 Å². The SMILES string of the molecule is CC(=O)Nc1cc(NCC2CC=CCC2)ccc1F. The highest BCUT2D eigenvalue weighted by Crippen LogP contribution is 2.22. The van der Waals surface area contributed by atoms with Crippen LogP contribution in [0.5, 0.6) is 0 Å². The predicted molar refractivity (Wildman–Crippen MR) is 75.7 cm³/mol. The van der Waals surface area contributed by atoms with Crippen molar-refractivity contribution in [3.8, 4) is 0 Å². The number of hydrogen-bond donors (Lipinski definition) is 2. The van der Waals surface area contributed by atoms with E-state index in [1.165, 1.54) is 19.4 Å². The van der Waals surface area contributed by atoms with Gasteiger partial charge in [0, 0.05) is 19.2 Å². The molecule has 0 saturated heterocycles. The van der Waals surface area contributed by atoms with E-state index in [1.807, 2.05) is 0 Å². The summed E-state index contributed by atoms with van der Waals surface area (Å²) in [5.74, 6) is -0.0610. The van der Waals surface area contributed by atoms with Gasteiger partial charge in [0.25, 0.3) is 0 Å². The van der Waals surface area contributed by atoms with E-state index in [0.29, 0.717) is 5.92 Å². The molecule has 2 N–H and O–H groups in total. The monoisotopic (exact) mass is 262 g/mol. The van der Waals surface area contributed by atoms with E-state index in [4.69, 9.17) is 0 Å². The minimum Gasteiger partial charge on any atom is -0.385 e. The maximum Gasteiger partial charge on any atom is 0.221 e. The molecular formula is C15H19FN2O. The molecule has 19 heavy (non-hydrogen) atoms. The number of hydrogen-bond acceptors (Lipinski definition) is 2. The lowest BCUT2D eigenvalue weighted by Gasteiger charge is -2.19. The molecule has 1 unspecified atom stereocenters. The van der Waals surface area contributed by atoms with Crippen molar-refractivity contribution in [3.05, 3.63) is 36.2 Å². The summed E-state index contributed by atoms with van der Waals surface area (Å²) in [7, 11) is 0. The fourth-order valence-electron chi connectivity index (χ4n) is 2.22. The van der Waals surface area contributed by atoms with Gasteiger partial charge in [0.15, 0.2) is 0 Å². The van der Waals surface area contributed by atoms with Crippen LogP contribution in [0.1, 0.15) is 26.2 Å². The average molecular weight is 262 g/mol. The molecule has 102 valence electrons. The molecule has 0 saturated carbocycles. The summed E-state index contributed by atoms with van der Waals surface area (Å²) in [6.07, 6.45) is 7.83. The van der Waals surface area contributed by atoms with Crippen molar-refractivity contribution < 1.29 is 9.18 Å². The molecule has 1 aromatic rings. The lowest BCUT2D eigenvalue weighted by molar-refractivity contribution is -0.114. The van der Waals surface area contributed by atoms with Gasteiger partial charge in [-0.25, -0.2) is 4.39 Å². The van der Waals surface area contributed by atoms with E-state index < -0.39 is 5.82 Å². The lowest BCUT2D eigenvalue weighted by atomic mass is 9.94. The Bertz CT molecular complexity index is 485. The molecular weight excluding hydrogens is 243 g/mol. The third-order valence-corrected chi connectivity index (χ3v) is 3.25. The molecule has 1 aliphatic rings. The van der Waals surface area contributed by atoms with Crippen molar-refractivity contribution in [2.75, 3.05) is 17.2 Å². The minimum atomic E-state index is -0.415. The quantitative estimate of drug-likeness (QED) is 0.815. The van der Waals surface area contributed by atoms with Crippen LogP contribution in [0, 0.1) is 11.7 Å². The molecule has 1 aromatic carbocycles. The van der Waals surface area contributed by atoms with E-state index in [-0.39, 0.29) is 11.6 Å². The fraction of sp³-hybridized carbons (Fsp3) is 0.400. The molecule has 1 aliphatic carbocycles. The van der Waals surface area contributed by atoms with Crippen LogP contribution in [-0.4, -0.2) is 12.5 Å². The summed E-state index contributed by atoms with van der Waals surface area (Å²) in [5.41, 5.74) is 1.06. The maximum atomic E-state index is 13.5. The molecule has 4 heteroatoms. The number of allylic oxidation sites excluding steroid dienone is 2. The van der Waals surface area contributed by atoms with Crippen LogP contribution in [0.15, 0.2) is 30.4 Å². The Balaban J connectivity index is 1.96. The number of halogens is 1. The second-order valence-corrected chi connectivity index (χ2v) is 4.91. The Morgan fingerprint density at radius 1 is 1.42 bits per heavy atom. The summed E-state index contributed by atoms with van der Waals surface area (Å²) in [6.45, 7) is 2.24. The third kappa shape index (κ3) is 4.09. The van der Waals surface area contributed by atoms with Crippen molar-refractivity contribution in [2.24, 2.45) is 5.92 Å². The zero-order chi connectivity index (χ0) is 13.7. The van der Waals surface area contributed by atoms with Gasteiger partial charge < -0.3 is 10.6 Å². The second-order valence-electron chi connectivity index (χ2n) is 4.91. The first-order chi connectivity index (χ1) is 9.15. The van der Waals surface area contributed by atoms with E-state index in [1.54, 1.807) is 12.1 Å². The normalized spacial score (nSPS) is 18.1. The Morgan fingerprint density at radius 2 is 2.26 bits per heavy atom. The Labute approximate surface area is 112 Å². The Kier molecular flexibility index (Phi) is 4.55.